The van der Waals surface area contributed by atoms with Crippen LogP contribution in [0.3, 0.4) is 0 Å². The summed E-state index contributed by atoms with van der Waals surface area (Å²) in [6.07, 6.45) is 0. The number of hydrogen-bond donors (Lipinski definition) is 3. The molecule has 2 atom stereocenters. The number of nitrogens with one attached hydrogen (secondary N) is 1. The van der Waals surface area contributed by atoms with Gasteiger partial charge >= 0.3 is 0 Å². The molecular weight excluding hydrogens is 268 g/mol. The Labute approximate surface area is 111 Å². The first kappa shape index (κ1) is 14.0. The fraction of sp³-hybridized carbons (Fsp3) is 0.417. The van der Waals surface area contributed by atoms with Crippen molar-refractivity contribution in [2.24, 2.45) is 0 Å². The van der Waals surface area contributed by atoms with Crippen molar-refractivity contribution in [1.29, 1.82) is 5.26 Å². The molecule has 0 saturated carbocycles. The first-order valence-corrected chi connectivity index (χ1v) is 7.27. The Bertz CT molecular complexity index is 606. The Balaban J connectivity index is 2.39. The Kier molecular flexibility index (Phi) is 3.60. The number of nitriles is 1. The summed E-state index contributed by atoms with van der Waals surface area (Å²) in [6.45, 7) is -0.511. The molecule has 6 nitrogen and oxygen atoms in total. The highest BCUT2D eigenvalue weighted by Crippen LogP contribution is 2.27. The van der Waals surface area contributed by atoms with Gasteiger partial charge in [-0.3, -0.25) is 0 Å². The quantitative estimate of drug-likeness (QED) is 0.657. The predicted molar refractivity (Wildman–Crippen MR) is 67.0 cm³/mol. The van der Waals surface area contributed by atoms with Crippen molar-refractivity contribution in [2.75, 3.05) is 19.7 Å². The molecule has 0 aliphatic carbocycles. The topological polar surface area (TPSA) is 110 Å². The number of hydrogen-bond acceptors (Lipinski definition) is 6. The highest BCUT2D eigenvalue weighted by molar-refractivity contribution is 7.92. The summed E-state index contributed by atoms with van der Waals surface area (Å²) in [5.74, 6) is 0. The lowest BCUT2D eigenvalue weighted by molar-refractivity contribution is 0.00578. The fourth-order valence-corrected chi connectivity index (χ4v) is 4.08. The SMILES string of the molecule is N#Cc1ccc(S(=O)(=O)[C@H]2CNCC2(O)CO)cc1. The summed E-state index contributed by atoms with van der Waals surface area (Å²) in [5.41, 5.74) is -1.31. The molecule has 0 spiro atoms. The van der Waals surface area contributed by atoms with Gasteiger partial charge in [0, 0.05) is 13.1 Å². The number of aliphatic hydroxyl groups is 2. The van der Waals surface area contributed by atoms with E-state index >= 15 is 0 Å². The molecule has 1 aliphatic rings. The first-order chi connectivity index (χ1) is 8.94. The third kappa shape index (κ3) is 2.35. The maximum absolute atomic E-state index is 12.4. The number of β-amino-alcohol motifs (C(OH)–C–C–N with tert-alkyl or cyclic N) is 1. The van der Waals surface area contributed by atoms with Crippen molar-refractivity contribution in [3.63, 3.8) is 0 Å². The first-order valence-electron chi connectivity index (χ1n) is 5.72. The third-order valence-corrected chi connectivity index (χ3v) is 5.60. The second-order valence-electron chi connectivity index (χ2n) is 4.56. The van der Waals surface area contributed by atoms with Gasteiger partial charge < -0.3 is 15.5 Å². The van der Waals surface area contributed by atoms with Crippen molar-refractivity contribution in [3.8, 4) is 6.07 Å². The summed E-state index contributed by atoms with van der Waals surface area (Å²) in [4.78, 5) is 0.0343. The number of nitrogens with zero attached hydrogens (tertiary/aromatic N) is 1. The van der Waals surface area contributed by atoms with E-state index in [2.05, 4.69) is 5.32 Å². The maximum atomic E-state index is 12.4. The minimum Gasteiger partial charge on any atom is -0.393 e. The molecule has 0 amide bonds. The molecule has 1 fully saturated rings. The van der Waals surface area contributed by atoms with E-state index in [1.54, 1.807) is 0 Å². The lowest BCUT2D eigenvalue weighted by Crippen LogP contribution is -2.49. The molecule has 102 valence electrons. The summed E-state index contributed by atoms with van der Waals surface area (Å²) in [6, 6.07) is 7.40. The molecular formula is C12H14N2O4S. The lowest BCUT2D eigenvalue weighted by Gasteiger charge is -2.26. The average molecular weight is 282 g/mol. The molecule has 1 aromatic rings. The van der Waals surface area contributed by atoms with Gasteiger partial charge in [0.05, 0.1) is 23.1 Å². The molecule has 1 heterocycles. The second kappa shape index (κ2) is 4.90. The third-order valence-electron chi connectivity index (χ3n) is 3.32. The van der Waals surface area contributed by atoms with Crippen LogP contribution in [0.2, 0.25) is 0 Å². The largest absolute Gasteiger partial charge is 0.393 e. The predicted octanol–water partition coefficient (Wildman–Crippen LogP) is -0.973. The summed E-state index contributed by atoms with van der Waals surface area (Å²) < 4.78 is 24.8. The van der Waals surface area contributed by atoms with Crippen molar-refractivity contribution in [1.82, 2.24) is 5.32 Å². The molecule has 3 N–H and O–H groups in total. The molecule has 1 aliphatic heterocycles. The van der Waals surface area contributed by atoms with Crippen LogP contribution in [0.4, 0.5) is 0 Å². The number of sulfone groups is 1. The Morgan fingerprint density at radius 1 is 1.42 bits per heavy atom. The molecule has 0 bridgehead atoms. The monoisotopic (exact) mass is 282 g/mol. The van der Waals surface area contributed by atoms with Crippen LogP contribution in [0.5, 0.6) is 0 Å². The highest BCUT2D eigenvalue weighted by Gasteiger charge is 2.48. The molecule has 1 unspecified atom stereocenters. The van der Waals surface area contributed by atoms with Gasteiger partial charge in [0.2, 0.25) is 0 Å². The van der Waals surface area contributed by atoms with Crippen LogP contribution < -0.4 is 5.32 Å². The zero-order chi connectivity index (χ0) is 14.1. The molecule has 0 radical (unpaired) electrons. The zero-order valence-electron chi connectivity index (χ0n) is 10.1. The van der Waals surface area contributed by atoms with Gasteiger partial charge in [-0.15, -0.1) is 0 Å². The second-order valence-corrected chi connectivity index (χ2v) is 6.69. The normalized spacial score (nSPS) is 27.1. The molecule has 0 aromatic heterocycles. The highest BCUT2D eigenvalue weighted by atomic mass is 32.2. The lowest BCUT2D eigenvalue weighted by atomic mass is 10.1. The standard InChI is InChI=1S/C12H14N2O4S/c13-5-9-1-3-10(4-2-9)19(17,18)11-6-14-7-12(11,16)8-15/h1-4,11,14-16H,6-8H2/t11-,12?/m0/s1. The van der Waals surface area contributed by atoms with Crippen LogP contribution in [0.25, 0.3) is 0 Å². The van der Waals surface area contributed by atoms with Crippen molar-refractivity contribution < 1.29 is 18.6 Å². The minimum absolute atomic E-state index is 0.0314. The van der Waals surface area contributed by atoms with Crippen molar-refractivity contribution >= 4 is 9.84 Å². The van der Waals surface area contributed by atoms with E-state index in [-0.39, 0.29) is 18.0 Å². The molecule has 2 rings (SSSR count). The fourth-order valence-electron chi connectivity index (χ4n) is 2.16. The van der Waals surface area contributed by atoms with Crippen LogP contribution in [-0.2, 0) is 9.84 Å². The van der Waals surface area contributed by atoms with Gasteiger partial charge in [-0.2, -0.15) is 5.26 Å². The van der Waals surface area contributed by atoms with E-state index in [0.717, 1.165) is 0 Å². The van der Waals surface area contributed by atoms with Gasteiger partial charge in [-0.1, -0.05) is 0 Å². The number of aliphatic hydroxyl groups excluding tert-OH is 1. The van der Waals surface area contributed by atoms with Crippen LogP contribution in [0, 0.1) is 11.3 Å². The van der Waals surface area contributed by atoms with E-state index in [9.17, 15) is 18.6 Å². The van der Waals surface area contributed by atoms with E-state index in [4.69, 9.17) is 5.26 Å². The summed E-state index contributed by atoms with van der Waals surface area (Å²) in [5, 5.41) is 29.7. The van der Waals surface area contributed by atoms with Gasteiger partial charge in [0.15, 0.2) is 9.84 Å². The Hall–Kier alpha value is -1.46. The number of rotatable bonds is 3. The average Bonchev–Trinajstić information content (AvgIpc) is 2.82. The molecule has 7 heteroatoms. The van der Waals surface area contributed by atoms with Crippen LogP contribution in [-0.4, -0.2) is 49.2 Å². The van der Waals surface area contributed by atoms with Gasteiger partial charge in [-0.25, -0.2) is 8.42 Å². The van der Waals surface area contributed by atoms with E-state index < -0.39 is 27.3 Å². The Morgan fingerprint density at radius 3 is 2.58 bits per heavy atom. The van der Waals surface area contributed by atoms with Crippen molar-refractivity contribution in [2.45, 2.75) is 15.7 Å². The molecule has 19 heavy (non-hydrogen) atoms. The smallest absolute Gasteiger partial charge is 0.185 e. The van der Waals surface area contributed by atoms with Gasteiger partial charge in [-0.05, 0) is 24.3 Å². The Morgan fingerprint density at radius 2 is 2.05 bits per heavy atom. The van der Waals surface area contributed by atoms with E-state index in [1.807, 2.05) is 6.07 Å². The van der Waals surface area contributed by atoms with Crippen molar-refractivity contribution in [3.05, 3.63) is 29.8 Å². The minimum atomic E-state index is -3.77. The van der Waals surface area contributed by atoms with Gasteiger partial charge in [0.25, 0.3) is 0 Å². The van der Waals surface area contributed by atoms with Gasteiger partial charge in [0.1, 0.15) is 10.9 Å². The van der Waals surface area contributed by atoms with E-state index in [1.165, 1.54) is 24.3 Å². The molecule has 1 saturated heterocycles. The summed E-state index contributed by atoms with van der Waals surface area (Å²) >= 11 is 0. The number of benzene rings is 1. The van der Waals surface area contributed by atoms with Crippen LogP contribution in [0.1, 0.15) is 5.56 Å². The van der Waals surface area contributed by atoms with E-state index in [0.29, 0.717) is 5.56 Å². The van der Waals surface area contributed by atoms with Crippen LogP contribution in [0.15, 0.2) is 29.2 Å². The summed E-state index contributed by atoms with van der Waals surface area (Å²) in [7, 11) is -3.77. The maximum Gasteiger partial charge on any atom is 0.185 e. The molecule has 1 aromatic carbocycles. The zero-order valence-corrected chi connectivity index (χ0v) is 10.9. The van der Waals surface area contributed by atoms with Crippen LogP contribution >= 0.6 is 0 Å².